The molecule has 2 heterocycles. The van der Waals surface area contributed by atoms with Gasteiger partial charge in [-0.3, -0.25) is 14.2 Å². The zero-order chi connectivity index (χ0) is 29.0. The molecule has 0 bridgehead atoms. The van der Waals surface area contributed by atoms with Crippen LogP contribution in [0.2, 0.25) is 0 Å². The van der Waals surface area contributed by atoms with Crippen LogP contribution >= 0.6 is 23.1 Å². The second-order valence-corrected chi connectivity index (χ2v) is 12.4. The Balaban J connectivity index is 2.02. The summed E-state index contributed by atoms with van der Waals surface area (Å²) in [6, 6.07) is 14.4. The summed E-state index contributed by atoms with van der Waals surface area (Å²) in [6.07, 6.45) is 2.90. The molecule has 2 aromatic carbocycles. The van der Waals surface area contributed by atoms with Crippen LogP contribution < -0.4 is 20.7 Å². The summed E-state index contributed by atoms with van der Waals surface area (Å²) >= 11 is 2.66. The minimum atomic E-state index is -3.66. The van der Waals surface area contributed by atoms with Gasteiger partial charge in [-0.15, -0.1) is 23.1 Å². The third-order valence-corrected chi connectivity index (χ3v) is 8.75. The van der Waals surface area contributed by atoms with Gasteiger partial charge in [0.25, 0.3) is 5.56 Å². The predicted molar refractivity (Wildman–Crippen MR) is 155 cm³/mol. The number of rotatable bonds is 12. The van der Waals surface area contributed by atoms with Crippen molar-refractivity contribution in [2.45, 2.75) is 24.5 Å². The van der Waals surface area contributed by atoms with Crippen LogP contribution in [-0.2, 0) is 39.2 Å². The molecular formula is C26H27N3O8S3. The van der Waals surface area contributed by atoms with E-state index in [2.05, 4.69) is 4.72 Å². The molecule has 212 valence electrons. The molecule has 40 heavy (non-hydrogen) atoms. The molecule has 0 aliphatic heterocycles. The van der Waals surface area contributed by atoms with Gasteiger partial charge < -0.3 is 14.6 Å². The standard InChI is InChI=1S/C26H27N3O8S3/c1-36-15-37-18-10-8-16(9-11-18)23-19(12-27-40(3,34)35)22-24(32)28(14-21(30)31)26(33)29(25(22)39-23)13-17-6-4-5-7-20(17)38-2/h4-11,27H,12-15H2,1-3H3,(H,30,31). The first kappa shape index (κ1) is 29.6. The average Bonchev–Trinajstić information content (AvgIpc) is 3.30. The number of fused-ring (bicyclic) bond motifs is 1. The fourth-order valence-corrected chi connectivity index (χ4v) is 6.50. The van der Waals surface area contributed by atoms with E-state index in [0.717, 1.165) is 28.1 Å². The number of thioether (sulfide) groups is 1. The van der Waals surface area contributed by atoms with Gasteiger partial charge in [-0.1, -0.05) is 18.2 Å². The summed E-state index contributed by atoms with van der Waals surface area (Å²) in [4.78, 5) is 40.7. The lowest BCUT2D eigenvalue weighted by atomic mass is 10.1. The highest BCUT2D eigenvalue weighted by molar-refractivity contribution is 7.98. The number of aliphatic carboxylic acids is 1. The summed E-state index contributed by atoms with van der Waals surface area (Å²) in [5.41, 5.74) is 0.236. The van der Waals surface area contributed by atoms with E-state index in [0.29, 0.717) is 31.2 Å². The molecule has 0 unspecified atom stereocenters. The molecule has 0 fully saturated rings. The second kappa shape index (κ2) is 12.4. The van der Waals surface area contributed by atoms with Crippen LogP contribution in [-0.4, -0.2) is 55.0 Å². The van der Waals surface area contributed by atoms with Crippen LogP contribution in [0.15, 0.2) is 63.0 Å². The van der Waals surface area contributed by atoms with Gasteiger partial charge in [0.2, 0.25) is 10.0 Å². The van der Waals surface area contributed by atoms with Crippen LogP contribution in [0.25, 0.3) is 20.7 Å². The van der Waals surface area contributed by atoms with E-state index in [9.17, 15) is 27.9 Å². The molecule has 4 aromatic rings. The number of ether oxygens (including phenoxy) is 2. The monoisotopic (exact) mass is 605 g/mol. The number of aromatic nitrogens is 2. The highest BCUT2D eigenvalue weighted by Crippen LogP contribution is 2.38. The Morgan fingerprint density at radius 1 is 1.10 bits per heavy atom. The quantitative estimate of drug-likeness (QED) is 0.184. The van der Waals surface area contributed by atoms with E-state index >= 15 is 0 Å². The number of hydrogen-bond donors (Lipinski definition) is 2. The number of thiophene rings is 1. The van der Waals surface area contributed by atoms with Crippen molar-refractivity contribution in [2.24, 2.45) is 0 Å². The number of methoxy groups -OCH3 is 1. The molecule has 0 amide bonds. The van der Waals surface area contributed by atoms with E-state index in [1.165, 1.54) is 23.4 Å². The van der Waals surface area contributed by atoms with Crippen molar-refractivity contribution in [2.75, 3.05) is 26.4 Å². The van der Waals surface area contributed by atoms with E-state index in [1.54, 1.807) is 24.3 Å². The van der Waals surface area contributed by atoms with Crippen LogP contribution in [0.1, 0.15) is 11.1 Å². The van der Waals surface area contributed by atoms with Crippen LogP contribution in [0.4, 0.5) is 0 Å². The molecule has 0 atom stereocenters. The zero-order valence-corrected chi connectivity index (χ0v) is 24.3. The number of sulfonamides is 1. The smallest absolute Gasteiger partial charge is 0.332 e. The molecule has 0 spiro atoms. The van der Waals surface area contributed by atoms with Crippen molar-refractivity contribution in [3.8, 4) is 16.2 Å². The van der Waals surface area contributed by atoms with E-state index < -0.39 is 33.8 Å². The predicted octanol–water partition coefficient (Wildman–Crippen LogP) is 2.78. The van der Waals surface area contributed by atoms with Crippen molar-refractivity contribution < 1.29 is 27.8 Å². The molecule has 2 N–H and O–H groups in total. The van der Waals surface area contributed by atoms with Crippen molar-refractivity contribution in [3.63, 3.8) is 0 Å². The second-order valence-electron chi connectivity index (χ2n) is 8.72. The van der Waals surface area contributed by atoms with Gasteiger partial charge in [-0.05, 0) is 47.7 Å². The third-order valence-electron chi connectivity index (χ3n) is 5.94. The first-order valence-corrected chi connectivity index (χ1v) is 15.8. The molecule has 11 nitrogen and oxygen atoms in total. The summed E-state index contributed by atoms with van der Waals surface area (Å²) in [6.45, 7) is -0.945. The fraction of sp³-hybridized carbons (Fsp3) is 0.269. The molecule has 0 aliphatic carbocycles. The highest BCUT2D eigenvalue weighted by atomic mass is 32.2. The van der Waals surface area contributed by atoms with Crippen LogP contribution in [0, 0.1) is 0 Å². The van der Waals surface area contributed by atoms with E-state index in [1.807, 2.05) is 30.5 Å². The topological polar surface area (TPSA) is 146 Å². The van der Waals surface area contributed by atoms with Crippen molar-refractivity contribution in [3.05, 3.63) is 80.5 Å². The van der Waals surface area contributed by atoms with E-state index in [4.69, 9.17) is 9.47 Å². The first-order chi connectivity index (χ1) is 19.0. The molecule has 2 aromatic heterocycles. The Morgan fingerprint density at radius 2 is 1.80 bits per heavy atom. The molecule has 14 heteroatoms. The summed E-state index contributed by atoms with van der Waals surface area (Å²) in [5, 5.41) is 9.56. The Morgan fingerprint density at radius 3 is 2.42 bits per heavy atom. The Labute approximate surface area is 238 Å². The number of nitrogens with zero attached hydrogens (tertiary/aromatic N) is 2. The van der Waals surface area contributed by atoms with E-state index in [-0.39, 0.29) is 25.3 Å². The number of carboxylic acids is 1. The number of nitrogens with one attached hydrogen (secondary N) is 1. The molecule has 0 aliphatic rings. The average molecular weight is 606 g/mol. The minimum absolute atomic E-state index is 0.0542. The zero-order valence-electron chi connectivity index (χ0n) is 21.9. The van der Waals surface area contributed by atoms with Gasteiger partial charge in [-0.25, -0.2) is 22.5 Å². The SMILES string of the molecule is COCOc1ccc(-c2sc3c(c2CNS(C)(=O)=O)c(=O)n(CC(=O)O)c(=O)n3Cc2ccccc2SC)cc1. The number of carbonyl (C=O) groups is 1. The van der Waals surface area contributed by atoms with Gasteiger partial charge in [0.1, 0.15) is 17.1 Å². The van der Waals surface area contributed by atoms with Gasteiger partial charge in [0.15, 0.2) is 6.79 Å². The Hall–Kier alpha value is -3.43. The summed E-state index contributed by atoms with van der Waals surface area (Å²) < 4.78 is 38.9. The molecule has 0 saturated carbocycles. The van der Waals surface area contributed by atoms with Crippen molar-refractivity contribution in [1.29, 1.82) is 0 Å². The first-order valence-electron chi connectivity index (χ1n) is 11.8. The van der Waals surface area contributed by atoms with Crippen molar-refractivity contribution in [1.82, 2.24) is 13.9 Å². The normalized spacial score (nSPS) is 11.7. The summed E-state index contributed by atoms with van der Waals surface area (Å²) in [5.74, 6) is -0.815. The largest absolute Gasteiger partial charge is 0.480 e. The number of carboxylic acid groups (broad SMARTS) is 1. The lowest BCUT2D eigenvalue weighted by Gasteiger charge is -2.13. The maximum Gasteiger partial charge on any atom is 0.332 e. The maximum atomic E-state index is 13.7. The van der Waals surface area contributed by atoms with Crippen molar-refractivity contribution >= 4 is 49.3 Å². The van der Waals surface area contributed by atoms with Crippen LogP contribution in [0.3, 0.4) is 0 Å². The maximum absolute atomic E-state index is 13.7. The Bertz CT molecular complexity index is 1770. The Kier molecular flexibility index (Phi) is 9.15. The number of benzene rings is 2. The van der Waals surface area contributed by atoms with Gasteiger partial charge in [-0.2, -0.15) is 0 Å². The van der Waals surface area contributed by atoms with Gasteiger partial charge in [0, 0.05) is 29.0 Å². The molecule has 4 rings (SSSR count). The highest BCUT2D eigenvalue weighted by Gasteiger charge is 2.25. The summed E-state index contributed by atoms with van der Waals surface area (Å²) in [7, 11) is -2.16. The number of hydrogen-bond acceptors (Lipinski definition) is 9. The van der Waals surface area contributed by atoms with Crippen LogP contribution in [0.5, 0.6) is 5.75 Å². The molecular weight excluding hydrogens is 579 g/mol. The van der Waals surface area contributed by atoms with Gasteiger partial charge >= 0.3 is 11.7 Å². The fourth-order valence-electron chi connectivity index (χ4n) is 4.17. The minimum Gasteiger partial charge on any atom is -0.480 e. The molecule has 0 saturated heterocycles. The van der Waals surface area contributed by atoms with Gasteiger partial charge in [0.05, 0.1) is 18.2 Å². The third kappa shape index (κ3) is 6.47. The molecule has 0 radical (unpaired) electrons. The lowest BCUT2D eigenvalue weighted by Crippen LogP contribution is -2.41. The lowest BCUT2D eigenvalue weighted by molar-refractivity contribution is -0.137.